The number of nitrogens with zero attached hydrogens (tertiary/aromatic N) is 4. The SMILES string of the molecule is COc1ccc2ncc(-c3cc4n(n3)CCCC43CCN(C(=O)OC(C)(C)C)CC3)cc2c1. The van der Waals surface area contributed by atoms with Crippen LogP contribution in [0.25, 0.3) is 22.2 Å². The van der Waals surface area contributed by atoms with Crippen molar-refractivity contribution in [3.05, 3.63) is 42.2 Å². The molecule has 0 atom stereocenters. The zero-order valence-electron chi connectivity index (χ0n) is 19.9. The maximum atomic E-state index is 12.5. The van der Waals surface area contributed by atoms with E-state index in [1.165, 1.54) is 5.69 Å². The Labute approximate surface area is 194 Å². The number of methoxy groups -OCH3 is 1. The second kappa shape index (κ2) is 8.04. The Balaban J connectivity index is 1.40. The van der Waals surface area contributed by atoms with Crippen molar-refractivity contribution in [2.24, 2.45) is 0 Å². The average Bonchev–Trinajstić information content (AvgIpc) is 3.24. The number of likely N-dealkylation sites (tertiary alicyclic amines) is 1. The number of carbonyl (C=O) groups excluding carboxylic acids is 1. The normalized spacial score (nSPS) is 17.8. The van der Waals surface area contributed by atoms with Crippen molar-refractivity contribution < 1.29 is 14.3 Å². The predicted molar refractivity (Wildman–Crippen MR) is 127 cm³/mol. The number of amides is 1. The van der Waals surface area contributed by atoms with E-state index in [4.69, 9.17) is 14.6 Å². The van der Waals surface area contributed by atoms with Gasteiger partial charge >= 0.3 is 6.09 Å². The molecule has 7 heteroatoms. The Morgan fingerprint density at radius 1 is 1.06 bits per heavy atom. The first-order valence-corrected chi connectivity index (χ1v) is 11.8. The molecule has 1 spiro atoms. The number of rotatable bonds is 2. The number of benzene rings is 1. The minimum absolute atomic E-state index is 0.0650. The summed E-state index contributed by atoms with van der Waals surface area (Å²) < 4.78 is 13.1. The van der Waals surface area contributed by atoms with Gasteiger partial charge in [0.1, 0.15) is 11.4 Å². The lowest BCUT2D eigenvalue weighted by Gasteiger charge is -2.44. The lowest BCUT2D eigenvalue weighted by molar-refractivity contribution is 0.0144. The van der Waals surface area contributed by atoms with E-state index in [1.807, 2.05) is 50.1 Å². The summed E-state index contributed by atoms with van der Waals surface area (Å²) in [5.74, 6) is 0.821. The number of aryl methyl sites for hydroxylation is 1. The van der Waals surface area contributed by atoms with Crippen LogP contribution in [0.4, 0.5) is 4.79 Å². The third kappa shape index (κ3) is 4.16. The van der Waals surface area contributed by atoms with Gasteiger partial charge in [0.25, 0.3) is 0 Å². The van der Waals surface area contributed by atoms with Crippen LogP contribution in [-0.4, -0.2) is 51.6 Å². The Bertz CT molecular complexity index is 1190. The van der Waals surface area contributed by atoms with E-state index in [2.05, 4.69) is 21.8 Å². The molecule has 1 saturated heterocycles. The summed E-state index contributed by atoms with van der Waals surface area (Å²) in [6.07, 6.45) is 5.80. The molecule has 0 N–H and O–H groups in total. The molecular weight excluding hydrogens is 416 g/mol. The van der Waals surface area contributed by atoms with Crippen molar-refractivity contribution in [3.8, 4) is 17.0 Å². The number of hydrogen-bond acceptors (Lipinski definition) is 5. The average molecular weight is 449 g/mol. The van der Waals surface area contributed by atoms with Crippen LogP contribution >= 0.6 is 0 Å². The maximum Gasteiger partial charge on any atom is 0.410 e. The molecule has 33 heavy (non-hydrogen) atoms. The Morgan fingerprint density at radius 3 is 2.58 bits per heavy atom. The van der Waals surface area contributed by atoms with E-state index in [0.29, 0.717) is 13.1 Å². The van der Waals surface area contributed by atoms with E-state index in [-0.39, 0.29) is 11.5 Å². The van der Waals surface area contributed by atoms with Gasteiger partial charge in [0.05, 0.1) is 18.3 Å². The highest BCUT2D eigenvalue weighted by molar-refractivity contribution is 5.84. The molecule has 0 bridgehead atoms. The van der Waals surface area contributed by atoms with Crippen molar-refractivity contribution >= 4 is 17.0 Å². The summed E-state index contributed by atoms with van der Waals surface area (Å²) >= 11 is 0. The van der Waals surface area contributed by atoms with Crippen LogP contribution < -0.4 is 4.74 Å². The maximum absolute atomic E-state index is 12.5. The molecule has 7 nitrogen and oxygen atoms in total. The molecule has 2 aromatic heterocycles. The quantitative estimate of drug-likeness (QED) is 0.541. The van der Waals surface area contributed by atoms with E-state index in [9.17, 15) is 4.79 Å². The molecule has 5 rings (SSSR count). The highest BCUT2D eigenvalue weighted by atomic mass is 16.6. The number of carbonyl (C=O) groups is 1. The van der Waals surface area contributed by atoms with Gasteiger partial charge in [-0.05, 0) is 76.8 Å². The molecule has 1 amide bonds. The molecule has 0 radical (unpaired) electrons. The first kappa shape index (κ1) is 21.7. The van der Waals surface area contributed by atoms with Gasteiger partial charge < -0.3 is 14.4 Å². The molecule has 0 saturated carbocycles. The minimum atomic E-state index is -0.470. The standard InChI is InChI=1S/C26H32N4O3/c1-25(2,3)33-24(31)29-12-9-26(10-13-29)8-5-11-30-23(26)16-22(28-30)19-14-18-15-20(32-4)6-7-21(18)27-17-19/h6-7,14-17H,5,8-13H2,1-4H3. The highest BCUT2D eigenvalue weighted by Crippen LogP contribution is 2.44. The third-order valence-corrected chi connectivity index (χ3v) is 6.90. The van der Waals surface area contributed by atoms with Crippen molar-refractivity contribution in [1.82, 2.24) is 19.7 Å². The smallest absolute Gasteiger partial charge is 0.410 e. The number of piperidine rings is 1. The van der Waals surface area contributed by atoms with Gasteiger partial charge in [-0.1, -0.05) is 0 Å². The van der Waals surface area contributed by atoms with E-state index < -0.39 is 5.60 Å². The molecule has 0 unspecified atom stereocenters. The van der Waals surface area contributed by atoms with Gasteiger partial charge in [0, 0.05) is 47.9 Å². The topological polar surface area (TPSA) is 69.5 Å². The van der Waals surface area contributed by atoms with Crippen molar-refractivity contribution in [3.63, 3.8) is 0 Å². The summed E-state index contributed by atoms with van der Waals surface area (Å²) in [5.41, 5.74) is 3.79. The molecule has 2 aliphatic heterocycles. The van der Waals surface area contributed by atoms with Crippen molar-refractivity contribution in [1.29, 1.82) is 0 Å². The van der Waals surface area contributed by atoms with E-state index >= 15 is 0 Å². The molecule has 4 heterocycles. The Hall–Kier alpha value is -3.09. The summed E-state index contributed by atoms with van der Waals surface area (Å²) in [6, 6.07) is 10.3. The molecule has 1 aromatic carbocycles. The Kier molecular flexibility index (Phi) is 5.30. The molecule has 1 fully saturated rings. The van der Waals surface area contributed by atoms with Crippen LogP contribution in [0.1, 0.15) is 52.1 Å². The second-order valence-electron chi connectivity index (χ2n) is 10.3. The van der Waals surface area contributed by atoms with E-state index in [0.717, 1.165) is 60.1 Å². The van der Waals surface area contributed by atoms with Crippen LogP contribution in [0, 0.1) is 0 Å². The van der Waals surface area contributed by atoms with Gasteiger partial charge in [-0.15, -0.1) is 0 Å². The fraction of sp³-hybridized carbons (Fsp3) is 0.500. The van der Waals surface area contributed by atoms with Crippen molar-refractivity contribution in [2.75, 3.05) is 20.2 Å². The van der Waals surface area contributed by atoms with Gasteiger partial charge in [-0.25, -0.2) is 4.79 Å². The molecule has 174 valence electrons. The molecular formula is C26H32N4O3. The van der Waals surface area contributed by atoms with Crippen LogP contribution in [0.5, 0.6) is 5.75 Å². The van der Waals surface area contributed by atoms with Gasteiger partial charge in [0.2, 0.25) is 0 Å². The van der Waals surface area contributed by atoms with Gasteiger partial charge in [0.15, 0.2) is 0 Å². The first-order valence-electron chi connectivity index (χ1n) is 11.8. The van der Waals surface area contributed by atoms with E-state index in [1.54, 1.807) is 7.11 Å². The number of ether oxygens (including phenoxy) is 2. The van der Waals surface area contributed by atoms with Crippen LogP contribution in [0.3, 0.4) is 0 Å². The number of hydrogen-bond donors (Lipinski definition) is 0. The fourth-order valence-corrected chi connectivity index (χ4v) is 5.18. The Morgan fingerprint density at radius 2 is 1.85 bits per heavy atom. The highest BCUT2D eigenvalue weighted by Gasteiger charge is 2.42. The summed E-state index contributed by atoms with van der Waals surface area (Å²) in [5, 5.41) is 6.00. The van der Waals surface area contributed by atoms with Crippen LogP contribution in [0.2, 0.25) is 0 Å². The predicted octanol–water partition coefficient (Wildman–Crippen LogP) is 5.17. The lowest BCUT2D eigenvalue weighted by atomic mass is 9.70. The zero-order chi connectivity index (χ0) is 23.2. The van der Waals surface area contributed by atoms with Crippen LogP contribution in [-0.2, 0) is 16.7 Å². The fourth-order valence-electron chi connectivity index (χ4n) is 5.18. The number of aromatic nitrogens is 3. The molecule has 0 aliphatic carbocycles. The van der Waals surface area contributed by atoms with Crippen LogP contribution in [0.15, 0.2) is 36.5 Å². The number of fused-ring (bicyclic) bond motifs is 3. The largest absolute Gasteiger partial charge is 0.497 e. The second-order valence-corrected chi connectivity index (χ2v) is 10.3. The summed E-state index contributed by atoms with van der Waals surface area (Å²) in [6.45, 7) is 8.10. The lowest BCUT2D eigenvalue weighted by Crippen LogP contribution is -2.48. The first-order chi connectivity index (χ1) is 15.8. The van der Waals surface area contributed by atoms with Crippen molar-refractivity contribution in [2.45, 2.75) is 64.0 Å². The third-order valence-electron chi connectivity index (χ3n) is 6.90. The zero-order valence-corrected chi connectivity index (χ0v) is 19.9. The number of pyridine rings is 1. The van der Waals surface area contributed by atoms with Gasteiger partial charge in [-0.3, -0.25) is 9.67 Å². The molecule has 2 aliphatic rings. The summed E-state index contributed by atoms with van der Waals surface area (Å²) in [4.78, 5) is 19.0. The monoisotopic (exact) mass is 448 g/mol. The minimum Gasteiger partial charge on any atom is -0.497 e. The van der Waals surface area contributed by atoms with Gasteiger partial charge in [-0.2, -0.15) is 5.10 Å². The summed E-state index contributed by atoms with van der Waals surface area (Å²) in [7, 11) is 1.68. The molecule has 3 aromatic rings.